The van der Waals surface area contributed by atoms with Crippen LogP contribution in [0.15, 0.2) is 0 Å². The summed E-state index contributed by atoms with van der Waals surface area (Å²) in [5.41, 5.74) is 0. The van der Waals surface area contributed by atoms with Crippen LogP contribution in [0.5, 0.6) is 0 Å². The van der Waals surface area contributed by atoms with E-state index < -0.39 is 0 Å². The van der Waals surface area contributed by atoms with Gasteiger partial charge >= 0.3 is 0 Å². The first-order valence-electron chi connectivity index (χ1n) is 4.54. The summed E-state index contributed by atoms with van der Waals surface area (Å²) in [5.74, 6) is 0.119. The minimum Gasteiger partial charge on any atom is -0.303 e. The minimum absolute atomic E-state index is 0.157. The number of rotatable bonds is 3. The monoisotopic (exact) mass is 228 g/mol. The molecule has 0 aliphatic heterocycles. The lowest BCUT2D eigenvalue weighted by Gasteiger charge is -2.03. The normalized spacial score (nSPS) is 9.73. The molecule has 0 unspecified atom stereocenters. The summed E-state index contributed by atoms with van der Waals surface area (Å²) in [7, 11) is 0. The van der Waals surface area contributed by atoms with E-state index in [4.69, 9.17) is 12.2 Å². The van der Waals surface area contributed by atoms with Gasteiger partial charge in [0.25, 0.3) is 5.95 Å². The Labute approximate surface area is 92.2 Å². The smallest absolute Gasteiger partial charge is 0.269 e. The summed E-state index contributed by atoms with van der Waals surface area (Å²) in [6.07, 6.45) is 0.372. The van der Waals surface area contributed by atoms with E-state index in [2.05, 4.69) is 26.0 Å². The van der Waals surface area contributed by atoms with E-state index in [1.807, 2.05) is 6.92 Å². The fourth-order valence-corrected chi connectivity index (χ4v) is 0.980. The predicted molar refractivity (Wildman–Crippen MR) is 58.1 cm³/mol. The maximum absolute atomic E-state index is 11.0. The molecule has 15 heavy (non-hydrogen) atoms. The number of thiocarbonyl (C=S) groups is 1. The number of hydrogen-bond donors (Lipinski definition) is 2. The van der Waals surface area contributed by atoms with Gasteiger partial charge in [0.2, 0.25) is 5.91 Å². The van der Waals surface area contributed by atoms with Gasteiger partial charge in [0, 0.05) is 6.42 Å². The molecular weight excluding hydrogens is 216 g/mol. The number of carbonyl (C=O) groups excluding carboxylic acids is 1. The van der Waals surface area contributed by atoms with E-state index in [1.165, 1.54) is 4.80 Å². The molecule has 7 nitrogen and oxygen atoms in total. The molecule has 82 valence electrons. The number of carbonyl (C=O) groups is 1. The van der Waals surface area contributed by atoms with Gasteiger partial charge in [0.05, 0.1) is 6.54 Å². The van der Waals surface area contributed by atoms with Crippen molar-refractivity contribution in [1.29, 1.82) is 0 Å². The number of anilines is 1. The van der Waals surface area contributed by atoms with Gasteiger partial charge in [-0.3, -0.25) is 10.1 Å². The summed E-state index contributed by atoms with van der Waals surface area (Å²) < 4.78 is 0. The zero-order chi connectivity index (χ0) is 11.3. The third-order valence-electron chi connectivity index (χ3n) is 1.54. The Morgan fingerprint density at radius 3 is 2.80 bits per heavy atom. The lowest BCUT2D eigenvalue weighted by atomic mass is 10.5. The van der Waals surface area contributed by atoms with Gasteiger partial charge in [0.15, 0.2) is 5.11 Å². The van der Waals surface area contributed by atoms with Gasteiger partial charge in [0.1, 0.15) is 0 Å². The molecule has 1 aromatic heterocycles. The zero-order valence-corrected chi connectivity index (χ0v) is 9.34. The summed E-state index contributed by atoms with van der Waals surface area (Å²) in [4.78, 5) is 12.4. The number of amides is 1. The molecule has 0 fully saturated rings. The molecule has 0 aromatic carbocycles. The zero-order valence-electron chi connectivity index (χ0n) is 8.52. The van der Waals surface area contributed by atoms with Gasteiger partial charge in [-0.1, -0.05) is 12.0 Å². The van der Waals surface area contributed by atoms with Crippen LogP contribution < -0.4 is 10.6 Å². The molecule has 2 N–H and O–H groups in total. The largest absolute Gasteiger partial charge is 0.303 e. The second kappa shape index (κ2) is 5.35. The van der Waals surface area contributed by atoms with Crippen LogP contribution in [-0.2, 0) is 11.3 Å². The van der Waals surface area contributed by atoms with Crippen molar-refractivity contribution in [2.45, 2.75) is 26.8 Å². The van der Waals surface area contributed by atoms with Gasteiger partial charge < -0.3 is 5.32 Å². The molecule has 1 rings (SSSR count). The van der Waals surface area contributed by atoms with Crippen molar-refractivity contribution >= 4 is 29.2 Å². The number of nitrogens with one attached hydrogen (secondary N) is 2. The highest BCUT2D eigenvalue weighted by molar-refractivity contribution is 7.80. The lowest BCUT2D eigenvalue weighted by Crippen LogP contribution is -2.33. The van der Waals surface area contributed by atoms with Crippen molar-refractivity contribution in [2.24, 2.45) is 0 Å². The number of hydrogen-bond acceptors (Lipinski definition) is 5. The first-order valence-corrected chi connectivity index (χ1v) is 4.95. The van der Waals surface area contributed by atoms with E-state index in [9.17, 15) is 4.79 Å². The molecule has 1 heterocycles. The van der Waals surface area contributed by atoms with E-state index in [1.54, 1.807) is 6.92 Å². The SMILES string of the molecule is CCC(=O)NC(=S)Nc1nnn(CC)n1. The van der Waals surface area contributed by atoms with Gasteiger partial charge in [-0.25, -0.2) is 0 Å². The minimum atomic E-state index is -0.157. The van der Waals surface area contributed by atoms with Crippen molar-refractivity contribution in [2.75, 3.05) is 5.32 Å². The van der Waals surface area contributed by atoms with Crippen LogP contribution in [0.25, 0.3) is 0 Å². The lowest BCUT2D eigenvalue weighted by molar-refractivity contribution is -0.119. The summed E-state index contributed by atoms with van der Waals surface area (Å²) >= 11 is 4.86. The van der Waals surface area contributed by atoms with E-state index in [0.29, 0.717) is 13.0 Å². The molecule has 0 radical (unpaired) electrons. The summed E-state index contributed by atoms with van der Waals surface area (Å²) in [6, 6.07) is 0. The Hall–Kier alpha value is -1.57. The molecule has 1 aromatic rings. The maximum atomic E-state index is 11.0. The molecule has 8 heteroatoms. The molecule has 0 aliphatic carbocycles. The van der Waals surface area contributed by atoms with Crippen molar-refractivity contribution in [3.05, 3.63) is 0 Å². The Kier molecular flexibility index (Phi) is 4.10. The topological polar surface area (TPSA) is 84.7 Å². The van der Waals surface area contributed by atoms with Crippen molar-refractivity contribution in [3.63, 3.8) is 0 Å². The van der Waals surface area contributed by atoms with Crippen LogP contribution in [0.4, 0.5) is 5.95 Å². The Morgan fingerprint density at radius 2 is 2.27 bits per heavy atom. The number of nitrogens with zero attached hydrogens (tertiary/aromatic N) is 4. The molecule has 0 saturated carbocycles. The first-order chi connectivity index (χ1) is 7.15. The standard InChI is InChI=1S/C7H12N6OS/c1-3-5(14)8-7(15)9-6-10-12-13(4-2)11-6/h3-4H2,1-2H3,(H2,8,9,11,14,15). The third kappa shape index (κ3) is 3.58. The molecule has 0 atom stereocenters. The second-order valence-corrected chi connectivity index (χ2v) is 3.07. The van der Waals surface area contributed by atoms with Crippen LogP contribution in [0, 0.1) is 0 Å². The second-order valence-electron chi connectivity index (χ2n) is 2.66. The van der Waals surface area contributed by atoms with Crippen LogP contribution in [0.1, 0.15) is 20.3 Å². The van der Waals surface area contributed by atoms with E-state index in [0.717, 1.165) is 0 Å². The van der Waals surface area contributed by atoms with Crippen molar-refractivity contribution in [3.8, 4) is 0 Å². The molecule has 0 spiro atoms. The van der Waals surface area contributed by atoms with Gasteiger partial charge in [-0.15, -0.1) is 5.10 Å². The number of aromatic nitrogens is 4. The fourth-order valence-electron chi connectivity index (χ4n) is 0.775. The van der Waals surface area contributed by atoms with E-state index in [-0.39, 0.29) is 17.0 Å². The molecular formula is C7H12N6OS. The van der Waals surface area contributed by atoms with Crippen LogP contribution in [0.3, 0.4) is 0 Å². The third-order valence-corrected chi connectivity index (χ3v) is 1.74. The van der Waals surface area contributed by atoms with Crippen LogP contribution >= 0.6 is 12.2 Å². The fraction of sp³-hybridized carbons (Fsp3) is 0.571. The molecule has 1 amide bonds. The summed E-state index contributed by atoms with van der Waals surface area (Å²) in [5, 5.41) is 16.7. The van der Waals surface area contributed by atoms with Gasteiger partial charge in [-0.05, 0) is 24.4 Å². The summed E-state index contributed by atoms with van der Waals surface area (Å²) in [6.45, 7) is 4.26. The van der Waals surface area contributed by atoms with Crippen molar-refractivity contribution in [1.82, 2.24) is 25.5 Å². The highest BCUT2D eigenvalue weighted by Gasteiger charge is 2.05. The Bertz CT molecular complexity index is 362. The quantitative estimate of drug-likeness (QED) is 0.704. The molecule has 0 saturated heterocycles. The molecule has 0 aliphatic rings. The Balaban J connectivity index is 2.47. The van der Waals surface area contributed by atoms with Crippen molar-refractivity contribution < 1.29 is 4.79 Å². The average molecular weight is 228 g/mol. The van der Waals surface area contributed by atoms with E-state index >= 15 is 0 Å². The van der Waals surface area contributed by atoms with Gasteiger partial charge in [-0.2, -0.15) is 4.80 Å². The molecule has 0 bridgehead atoms. The first kappa shape index (κ1) is 11.5. The number of tetrazole rings is 1. The van der Waals surface area contributed by atoms with Crippen LogP contribution in [0.2, 0.25) is 0 Å². The average Bonchev–Trinajstić information content (AvgIpc) is 2.65. The number of aryl methyl sites for hydroxylation is 1. The van der Waals surface area contributed by atoms with Crippen LogP contribution in [-0.4, -0.2) is 31.2 Å². The Morgan fingerprint density at radius 1 is 1.53 bits per heavy atom. The predicted octanol–water partition coefficient (Wildman–Crippen LogP) is -0.0840. The highest BCUT2D eigenvalue weighted by Crippen LogP contribution is 1.93. The highest BCUT2D eigenvalue weighted by atomic mass is 32.1. The maximum Gasteiger partial charge on any atom is 0.269 e.